The molecule has 2 aliphatic rings. The molecule has 2 aromatic carbocycles. The Bertz CT molecular complexity index is 1200. The highest BCUT2D eigenvalue weighted by Crippen LogP contribution is 2.43. The van der Waals surface area contributed by atoms with Crippen molar-refractivity contribution in [3.63, 3.8) is 0 Å². The molecule has 1 saturated heterocycles. The lowest BCUT2D eigenvalue weighted by Crippen LogP contribution is -2.43. The van der Waals surface area contributed by atoms with E-state index in [2.05, 4.69) is 22.4 Å². The van der Waals surface area contributed by atoms with E-state index in [1.54, 1.807) is 18.6 Å². The lowest BCUT2D eigenvalue weighted by atomic mass is 9.72. The number of carbonyl (C=O) groups is 1. The summed E-state index contributed by atoms with van der Waals surface area (Å²) in [6.45, 7) is 1.39. The molecule has 1 aromatic heterocycles. The number of hydrogen-bond donors (Lipinski definition) is 1. The molecule has 1 aliphatic heterocycles. The SMILES string of the molecule is Cl.N#Cc1ccc(Cn2ccnc2)cc1Oc1cccc(C2(CCC3CC3)CCCCNC2=O)c1. The zero-order valence-corrected chi connectivity index (χ0v) is 20.6. The Morgan fingerprint density at radius 1 is 1.20 bits per heavy atom. The van der Waals surface area contributed by atoms with Crippen LogP contribution in [0.3, 0.4) is 0 Å². The van der Waals surface area contributed by atoms with Crippen molar-refractivity contribution >= 4 is 18.3 Å². The smallest absolute Gasteiger partial charge is 0.230 e. The number of ether oxygens (including phenoxy) is 1. The fourth-order valence-electron chi connectivity index (χ4n) is 4.97. The highest BCUT2D eigenvalue weighted by molar-refractivity contribution is 5.88. The van der Waals surface area contributed by atoms with Crippen molar-refractivity contribution in [2.45, 2.75) is 56.9 Å². The molecule has 0 bridgehead atoms. The lowest BCUT2D eigenvalue weighted by Gasteiger charge is -2.32. The summed E-state index contributed by atoms with van der Waals surface area (Å²) < 4.78 is 8.23. The van der Waals surface area contributed by atoms with Gasteiger partial charge in [0, 0.05) is 25.5 Å². The molecule has 0 spiro atoms. The van der Waals surface area contributed by atoms with Crippen molar-refractivity contribution in [1.82, 2.24) is 14.9 Å². The summed E-state index contributed by atoms with van der Waals surface area (Å²) in [5.41, 5.74) is 2.00. The Balaban J connectivity index is 0.00000289. The molecule has 182 valence electrons. The van der Waals surface area contributed by atoms with Crippen LogP contribution in [0.5, 0.6) is 11.5 Å². The van der Waals surface area contributed by atoms with E-state index in [4.69, 9.17) is 4.74 Å². The molecule has 1 unspecified atom stereocenters. The molecule has 5 rings (SSSR count). The first-order chi connectivity index (χ1) is 16.7. The summed E-state index contributed by atoms with van der Waals surface area (Å²) in [6, 6.07) is 15.8. The fraction of sp³-hybridized carbons (Fsp3) is 0.393. The van der Waals surface area contributed by atoms with Crippen molar-refractivity contribution in [2.24, 2.45) is 5.92 Å². The number of aromatic nitrogens is 2. The summed E-state index contributed by atoms with van der Waals surface area (Å²) in [7, 11) is 0. The van der Waals surface area contributed by atoms with Gasteiger partial charge in [0.1, 0.15) is 17.6 Å². The maximum Gasteiger partial charge on any atom is 0.230 e. The van der Waals surface area contributed by atoms with Gasteiger partial charge in [0.25, 0.3) is 0 Å². The van der Waals surface area contributed by atoms with Crippen molar-refractivity contribution in [3.8, 4) is 17.6 Å². The molecule has 2 heterocycles. The number of imidazole rings is 1. The maximum atomic E-state index is 13.3. The standard InChI is InChI=1S/C28H30N4O2.ClH/c29-18-23-9-8-22(19-32-15-14-30-20-32)16-26(23)34-25-5-3-4-24(17-25)28(12-10-21-6-7-21)11-1-2-13-31-27(28)33;/h3-5,8-9,14-17,20-21H,1-2,6-7,10-13,19H2,(H,31,33);1H. The molecule has 35 heavy (non-hydrogen) atoms. The van der Waals surface area contributed by atoms with Gasteiger partial charge in [-0.05, 0) is 67.0 Å². The molecule has 1 N–H and O–H groups in total. The van der Waals surface area contributed by atoms with E-state index >= 15 is 0 Å². The quantitative estimate of drug-likeness (QED) is 0.436. The van der Waals surface area contributed by atoms with E-state index in [-0.39, 0.29) is 18.3 Å². The highest BCUT2D eigenvalue weighted by atomic mass is 35.5. The minimum atomic E-state index is -0.514. The van der Waals surface area contributed by atoms with E-state index < -0.39 is 5.41 Å². The second-order valence-electron chi connectivity index (χ2n) is 9.58. The Morgan fingerprint density at radius 3 is 2.86 bits per heavy atom. The average Bonchev–Trinajstić information content (AvgIpc) is 3.58. The van der Waals surface area contributed by atoms with E-state index in [9.17, 15) is 10.1 Å². The Labute approximate surface area is 212 Å². The first-order valence-corrected chi connectivity index (χ1v) is 12.2. The van der Waals surface area contributed by atoms with Gasteiger partial charge < -0.3 is 14.6 Å². The van der Waals surface area contributed by atoms with Gasteiger partial charge in [-0.1, -0.05) is 37.5 Å². The van der Waals surface area contributed by atoms with Crippen LogP contribution in [-0.2, 0) is 16.8 Å². The third kappa shape index (κ3) is 5.68. The van der Waals surface area contributed by atoms with Crippen LogP contribution in [-0.4, -0.2) is 22.0 Å². The van der Waals surface area contributed by atoms with Crippen LogP contribution in [0.1, 0.15) is 61.6 Å². The molecule has 0 radical (unpaired) electrons. The van der Waals surface area contributed by atoms with Gasteiger partial charge in [-0.2, -0.15) is 5.26 Å². The lowest BCUT2D eigenvalue weighted by molar-refractivity contribution is -0.126. The third-order valence-electron chi connectivity index (χ3n) is 7.13. The average molecular weight is 491 g/mol. The number of nitrogens with one attached hydrogen (secondary N) is 1. The zero-order chi connectivity index (χ0) is 23.4. The predicted octanol–water partition coefficient (Wildman–Crippen LogP) is 5.75. The van der Waals surface area contributed by atoms with E-state index in [0.29, 0.717) is 23.6 Å². The van der Waals surface area contributed by atoms with Crippen LogP contribution in [0.4, 0.5) is 0 Å². The van der Waals surface area contributed by atoms with Crippen molar-refractivity contribution < 1.29 is 9.53 Å². The van der Waals surface area contributed by atoms with Crippen LogP contribution in [0.2, 0.25) is 0 Å². The van der Waals surface area contributed by atoms with E-state index in [1.807, 2.05) is 41.1 Å². The number of nitriles is 1. The number of carbonyl (C=O) groups excluding carboxylic acids is 1. The molecule has 3 aromatic rings. The third-order valence-corrected chi connectivity index (χ3v) is 7.13. The van der Waals surface area contributed by atoms with Gasteiger partial charge in [0.15, 0.2) is 0 Å². The van der Waals surface area contributed by atoms with E-state index in [1.165, 1.54) is 12.8 Å². The Kier molecular flexibility index (Phi) is 7.77. The fourth-order valence-corrected chi connectivity index (χ4v) is 4.97. The van der Waals surface area contributed by atoms with Crippen molar-refractivity contribution in [2.75, 3.05) is 6.54 Å². The predicted molar refractivity (Wildman–Crippen MR) is 137 cm³/mol. The number of rotatable bonds is 8. The van der Waals surface area contributed by atoms with Gasteiger partial charge in [-0.15, -0.1) is 12.4 Å². The minimum absolute atomic E-state index is 0. The van der Waals surface area contributed by atoms with Gasteiger partial charge in [-0.25, -0.2) is 4.98 Å². The highest BCUT2D eigenvalue weighted by Gasteiger charge is 2.42. The van der Waals surface area contributed by atoms with Gasteiger partial charge in [-0.3, -0.25) is 4.79 Å². The molecule has 1 atom stereocenters. The van der Waals surface area contributed by atoms with Gasteiger partial charge in [0.05, 0.1) is 17.3 Å². The molecule has 6 nitrogen and oxygen atoms in total. The number of nitrogens with zero attached hydrogens (tertiary/aromatic N) is 3. The van der Waals surface area contributed by atoms with Crippen LogP contribution in [0.15, 0.2) is 61.2 Å². The largest absolute Gasteiger partial charge is 0.456 e. The summed E-state index contributed by atoms with van der Waals surface area (Å²) in [5.74, 6) is 2.08. The molecular formula is C28H31ClN4O2. The molecule has 1 amide bonds. The molecule has 7 heteroatoms. The van der Waals surface area contributed by atoms with E-state index in [0.717, 1.165) is 55.7 Å². The number of benzene rings is 2. The first-order valence-electron chi connectivity index (χ1n) is 12.2. The zero-order valence-electron chi connectivity index (χ0n) is 19.8. The minimum Gasteiger partial charge on any atom is -0.456 e. The first kappa shape index (κ1) is 24.8. The van der Waals surface area contributed by atoms with Crippen molar-refractivity contribution in [3.05, 3.63) is 77.9 Å². The van der Waals surface area contributed by atoms with Crippen LogP contribution >= 0.6 is 12.4 Å². The number of halogens is 1. The topological polar surface area (TPSA) is 79.9 Å². The monoisotopic (exact) mass is 490 g/mol. The molecular weight excluding hydrogens is 460 g/mol. The Morgan fingerprint density at radius 2 is 2.09 bits per heavy atom. The number of hydrogen-bond acceptors (Lipinski definition) is 4. The summed E-state index contributed by atoms with van der Waals surface area (Å²) >= 11 is 0. The second kappa shape index (κ2) is 11.0. The van der Waals surface area contributed by atoms with Crippen LogP contribution in [0.25, 0.3) is 0 Å². The Hall–Kier alpha value is -3.30. The van der Waals surface area contributed by atoms with Gasteiger partial charge in [0.2, 0.25) is 5.91 Å². The maximum absolute atomic E-state index is 13.3. The summed E-state index contributed by atoms with van der Waals surface area (Å²) in [4.78, 5) is 17.4. The second-order valence-corrected chi connectivity index (χ2v) is 9.58. The summed E-state index contributed by atoms with van der Waals surface area (Å²) in [6.07, 6.45) is 12.9. The molecule has 2 fully saturated rings. The molecule has 1 aliphatic carbocycles. The number of amides is 1. The van der Waals surface area contributed by atoms with Crippen LogP contribution < -0.4 is 10.1 Å². The van der Waals surface area contributed by atoms with Crippen molar-refractivity contribution in [1.29, 1.82) is 5.26 Å². The van der Waals surface area contributed by atoms with Crippen LogP contribution in [0, 0.1) is 17.2 Å². The normalized spacial score (nSPS) is 19.7. The molecule has 1 saturated carbocycles. The summed E-state index contributed by atoms with van der Waals surface area (Å²) in [5, 5.41) is 12.8. The van der Waals surface area contributed by atoms with Gasteiger partial charge >= 0.3 is 0 Å².